The first-order chi connectivity index (χ1) is 20.9. The quantitative estimate of drug-likeness (QED) is 0.243. The highest BCUT2D eigenvalue weighted by Gasteiger charge is 2.47. The van der Waals surface area contributed by atoms with Crippen molar-refractivity contribution in [3.63, 3.8) is 0 Å². The molecule has 0 unspecified atom stereocenters. The molecule has 5 atom stereocenters. The van der Waals surface area contributed by atoms with Gasteiger partial charge in [0.15, 0.2) is 29.3 Å². The number of ether oxygens (including phenoxy) is 1. The van der Waals surface area contributed by atoms with Crippen molar-refractivity contribution in [1.29, 1.82) is 0 Å². The van der Waals surface area contributed by atoms with Crippen LogP contribution in [0, 0.1) is 0 Å². The van der Waals surface area contributed by atoms with E-state index in [0.29, 0.717) is 42.1 Å². The number of anilines is 2. The van der Waals surface area contributed by atoms with Crippen molar-refractivity contribution < 1.29 is 14.9 Å². The van der Waals surface area contributed by atoms with Crippen molar-refractivity contribution in [2.75, 3.05) is 37.4 Å². The number of benzene rings is 2. The van der Waals surface area contributed by atoms with Crippen LogP contribution in [-0.2, 0) is 17.8 Å². The van der Waals surface area contributed by atoms with E-state index in [9.17, 15) is 10.2 Å². The van der Waals surface area contributed by atoms with Crippen LogP contribution in [0.25, 0.3) is 21.9 Å². The fourth-order valence-electron chi connectivity index (χ4n) is 5.93. The van der Waals surface area contributed by atoms with Crippen LogP contribution in [0.5, 0.6) is 0 Å². The zero-order valence-corrected chi connectivity index (χ0v) is 24.3. The van der Waals surface area contributed by atoms with E-state index in [0.717, 1.165) is 30.5 Å². The molecular formula is C29H35N11O3. The zero-order chi connectivity index (χ0) is 29.7. The number of rotatable bonds is 8. The van der Waals surface area contributed by atoms with Gasteiger partial charge in [0.05, 0.1) is 12.9 Å². The molecule has 14 heteroatoms. The van der Waals surface area contributed by atoms with E-state index >= 15 is 0 Å². The average molecular weight is 586 g/mol. The van der Waals surface area contributed by atoms with Crippen molar-refractivity contribution in [2.24, 2.45) is 0 Å². The zero-order valence-electron chi connectivity index (χ0n) is 24.3. The summed E-state index contributed by atoms with van der Waals surface area (Å²) in [5, 5.41) is 40.1. The minimum absolute atomic E-state index is 0.208. The highest BCUT2D eigenvalue weighted by molar-refractivity contribution is 5.87. The number of aliphatic hydroxyl groups excluding tert-OH is 2. The average Bonchev–Trinajstić information content (AvgIpc) is 3.83. The molecule has 3 N–H and O–H groups in total. The summed E-state index contributed by atoms with van der Waals surface area (Å²) >= 11 is 0. The third-order valence-corrected chi connectivity index (χ3v) is 8.43. The van der Waals surface area contributed by atoms with Gasteiger partial charge in [-0.05, 0) is 49.0 Å². The summed E-state index contributed by atoms with van der Waals surface area (Å²) in [4.78, 5) is 20.3. The van der Waals surface area contributed by atoms with Gasteiger partial charge < -0.3 is 30.1 Å². The van der Waals surface area contributed by atoms with Gasteiger partial charge >= 0.3 is 0 Å². The normalized spacial score (nSPS) is 24.1. The highest BCUT2D eigenvalue weighted by atomic mass is 16.6. The number of nitrogens with zero attached hydrogens (tertiary/aromatic N) is 10. The first-order valence-electron chi connectivity index (χ1n) is 14.6. The lowest BCUT2D eigenvalue weighted by atomic mass is 10.0. The van der Waals surface area contributed by atoms with Crippen LogP contribution in [0.4, 0.5) is 11.8 Å². The summed E-state index contributed by atoms with van der Waals surface area (Å²) in [7, 11) is 4.16. The molecule has 3 aromatic heterocycles. The maximum Gasteiger partial charge on any atom is 0.229 e. The Morgan fingerprint density at radius 3 is 2.70 bits per heavy atom. The summed E-state index contributed by atoms with van der Waals surface area (Å²) < 4.78 is 7.81. The molecule has 224 valence electrons. The van der Waals surface area contributed by atoms with E-state index < -0.39 is 24.5 Å². The van der Waals surface area contributed by atoms with Gasteiger partial charge in [0.1, 0.15) is 12.2 Å². The lowest BCUT2D eigenvalue weighted by molar-refractivity contribution is -0.0384. The van der Waals surface area contributed by atoms with Crippen LogP contribution in [0.15, 0.2) is 48.8 Å². The van der Waals surface area contributed by atoms with Crippen molar-refractivity contribution in [1.82, 2.24) is 44.6 Å². The van der Waals surface area contributed by atoms with Gasteiger partial charge in [-0.15, -0.1) is 10.2 Å². The molecule has 5 aromatic rings. The Bertz CT molecular complexity index is 1750. The fraction of sp³-hybridized carbons (Fsp3) is 0.448. The minimum atomic E-state index is -1.27. The van der Waals surface area contributed by atoms with Gasteiger partial charge in [-0.1, -0.05) is 42.5 Å². The van der Waals surface area contributed by atoms with Crippen molar-refractivity contribution >= 4 is 33.7 Å². The van der Waals surface area contributed by atoms with Crippen molar-refractivity contribution in [3.05, 3.63) is 60.2 Å². The molecule has 0 radical (unpaired) electrons. The molecule has 7 rings (SSSR count). The topological polar surface area (TPSA) is 155 Å². The SMILES string of the molecule is CCn1nnc([C@H]2O[C@@H](n3cnc4c(NCc5cccc6ccccc56)nc(N5CC[C@@H](N(C)C)C5)nc43)[C@H](O)[C@@H]2O)n1. The lowest BCUT2D eigenvalue weighted by Gasteiger charge is -2.22. The Kier molecular flexibility index (Phi) is 7.13. The molecular weight excluding hydrogens is 550 g/mol. The Morgan fingerprint density at radius 1 is 1.07 bits per heavy atom. The van der Waals surface area contributed by atoms with E-state index in [4.69, 9.17) is 14.7 Å². The van der Waals surface area contributed by atoms with E-state index in [1.807, 2.05) is 19.1 Å². The maximum absolute atomic E-state index is 11.1. The summed E-state index contributed by atoms with van der Waals surface area (Å²) in [6.07, 6.45) is -1.90. The molecule has 43 heavy (non-hydrogen) atoms. The van der Waals surface area contributed by atoms with Crippen LogP contribution < -0.4 is 10.2 Å². The Morgan fingerprint density at radius 2 is 1.91 bits per heavy atom. The van der Waals surface area contributed by atoms with Crippen LogP contribution in [0.2, 0.25) is 0 Å². The third-order valence-electron chi connectivity index (χ3n) is 8.43. The Hall–Kier alpha value is -4.24. The largest absolute Gasteiger partial charge is 0.387 e. The van der Waals surface area contributed by atoms with Crippen molar-refractivity contribution in [3.8, 4) is 0 Å². The summed E-state index contributed by atoms with van der Waals surface area (Å²) in [5.41, 5.74) is 2.16. The number of aryl methyl sites for hydroxylation is 1. The van der Waals surface area contributed by atoms with Crippen LogP contribution in [-0.4, -0.2) is 100 Å². The third kappa shape index (κ3) is 4.95. The number of likely N-dealkylation sites (N-methyl/N-ethyl adjacent to an activating group) is 1. The number of aliphatic hydroxyl groups is 2. The maximum atomic E-state index is 11.1. The van der Waals surface area contributed by atoms with Gasteiger partial charge in [0.25, 0.3) is 0 Å². The molecule has 2 aliphatic rings. The van der Waals surface area contributed by atoms with Gasteiger partial charge in [-0.2, -0.15) is 14.8 Å². The smallest absolute Gasteiger partial charge is 0.229 e. The molecule has 14 nitrogen and oxygen atoms in total. The second-order valence-electron chi connectivity index (χ2n) is 11.3. The molecule has 2 aromatic carbocycles. The number of tetrazole rings is 1. The van der Waals surface area contributed by atoms with Crippen LogP contribution in [0.1, 0.15) is 37.1 Å². The molecule has 2 saturated heterocycles. The standard InChI is InChI=1S/C29H35N11O3/c1-4-40-35-26(34-36-40)24-22(41)23(42)28(43-24)39-16-31-21-25(30-14-18-10-7-9-17-8-5-6-11-20(17)18)32-29(33-27(21)39)38-13-12-19(15-38)37(2)3/h5-11,16,19,22-24,28,41-42H,4,12-15H2,1-3H3,(H,30,32,33)/t19-,22+,23-,24+,28-/m1/s1. The summed E-state index contributed by atoms with van der Waals surface area (Å²) in [6, 6.07) is 14.9. The molecule has 0 aliphatic carbocycles. The number of imidazole rings is 1. The molecule has 0 bridgehead atoms. The predicted octanol–water partition coefficient (Wildman–Crippen LogP) is 1.73. The molecule has 0 amide bonds. The first kappa shape index (κ1) is 27.6. The van der Waals surface area contributed by atoms with Crippen LogP contribution in [0.3, 0.4) is 0 Å². The predicted molar refractivity (Wildman–Crippen MR) is 159 cm³/mol. The summed E-state index contributed by atoms with van der Waals surface area (Å²) in [6.45, 7) is 4.54. The molecule has 0 saturated carbocycles. The Balaban J connectivity index is 1.25. The lowest BCUT2D eigenvalue weighted by Crippen LogP contribution is -2.32. The van der Waals surface area contributed by atoms with E-state index in [1.54, 1.807) is 10.9 Å². The van der Waals surface area contributed by atoms with Crippen molar-refractivity contribution in [2.45, 2.75) is 57.0 Å². The second kappa shape index (κ2) is 11.1. The number of hydrogen-bond donors (Lipinski definition) is 3. The number of hydrogen-bond acceptors (Lipinski definition) is 12. The van der Waals surface area contributed by atoms with E-state index in [1.165, 1.54) is 10.2 Å². The van der Waals surface area contributed by atoms with Gasteiger partial charge in [-0.3, -0.25) is 4.57 Å². The minimum Gasteiger partial charge on any atom is -0.387 e. The van der Waals surface area contributed by atoms with Gasteiger partial charge in [0, 0.05) is 25.7 Å². The highest BCUT2D eigenvalue weighted by Crippen LogP contribution is 2.39. The van der Waals surface area contributed by atoms with Crippen LogP contribution >= 0.6 is 0 Å². The Labute approximate surface area is 247 Å². The summed E-state index contributed by atoms with van der Waals surface area (Å²) in [5.74, 6) is 1.35. The van der Waals surface area contributed by atoms with Gasteiger partial charge in [-0.25, -0.2) is 4.98 Å². The van der Waals surface area contributed by atoms with Gasteiger partial charge in [0.2, 0.25) is 11.8 Å². The number of fused-ring (bicyclic) bond motifs is 2. The van der Waals surface area contributed by atoms with E-state index in [-0.39, 0.29) is 5.82 Å². The first-order valence-corrected chi connectivity index (χ1v) is 14.6. The molecule has 5 heterocycles. The number of nitrogens with one attached hydrogen (secondary N) is 1. The monoisotopic (exact) mass is 585 g/mol. The number of aromatic nitrogens is 8. The fourth-order valence-corrected chi connectivity index (χ4v) is 5.93. The molecule has 2 aliphatic heterocycles. The second-order valence-corrected chi connectivity index (χ2v) is 11.3. The molecule has 0 spiro atoms. The van der Waals surface area contributed by atoms with E-state index in [2.05, 4.69) is 79.9 Å². The molecule has 2 fully saturated rings.